The SMILES string of the molecule is COc1ccc2cc(C3OC(=O)c4ccc(F)cc43)ccc2c1. The minimum atomic E-state index is -0.570. The van der Waals surface area contributed by atoms with E-state index in [0.29, 0.717) is 11.1 Å². The van der Waals surface area contributed by atoms with Crippen molar-refractivity contribution in [3.63, 3.8) is 0 Å². The van der Waals surface area contributed by atoms with Gasteiger partial charge in [0.15, 0.2) is 6.10 Å². The fourth-order valence-corrected chi connectivity index (χ4v) is 2.95. The Hall–Kier alpha value is -2.88. The molecule has 1 unspecified atom stereocenters. The van der Waals surface area contributed by atoms with Gasteiger partial charge in [-0.25, -0.2) is 9.18 Å². The maximum absolute atomic E-state index is 13.5. The molecular formula is C19H13FO3. The molecule has 0 aliphatic carbocycles. The van der Waals surface area contributed by atoms with Crippen LogP contribution in [-0.4, -0.2) is 13.1 Å². The molecule has 0 amide bonds. The summed E-state index contributed by atoms with van der Waals surface area (Å²) in [6.45, 7) is 0. The van der Waals surface area contributed by atoms with E-state index in [4.69, 9.17) is 9.47 Å². The molecule has 0 bridgehead atoms. The van der Waals surface area contributed by atoms with Crippen LogP contribution in [0.2, 0.25) is 0 Å². The molecule has 0 fully saturated rings. The third-order valence-electron chi connectivity index (χ3n) is 4.12. The van der Waals surface area contributed by atoms with Crippen molar-refractivity contribution < 1.29 is 18.7 Å². The molecule has 0 saturated carbocycles. The smallest absolute Gasteiger partial charge is 0.339 e. The summed E-state index contributed by atoms with van der Waals surface area (Å²) in [4.78, 5) is 11.9. The zero-order chi connectivity index (χ0) is 16.0. The Labute approximate surface area is 132 Å². The molecule has 1 aliphatic heterocycles. The van der Waals surface area contributed by atoms with Gasteiger partial charge in [-0.1, -0.05) is 18.2 Å². The maximum Gasteiger partial charge on any atom is 0.339 e. The molecule has 0 N–H and O–H groups in total. The number of benzene rings is 3. The third kappa shape index (κ3) is 2.23. The van der Waals surface area contributed by atoms with Gasteiger partial charge >= 0.3 is 5.97 Å². The van der Waals surface area contributed by atoms with Crippen molar-refractivity contribution in [2.45, 2.75) is 6.10 Å². The molecule has 4 rings (SSSR count). The lowest BCUT2D eigenvalue weighted by Gasteiger charge is -2.12. The molecule has 4 heteroatoms. The highest BCUT2D eigenvalue weighted by Gasteiger charge is 2.32. The van der Waals surface area contributed by atoms with Crippen molar-refractivity contribution in [3.05, 3.63) is 77.1 Å². The highest BCUT2D eigenvalue weighted by Crippen LogP contribution is 2.37. The van der Waals surface area contributed by atoms with E-state index in [1.807, 2.05) is 36.4 Å². The van der Waals surface area contributed by atoms with Gasteiger partial charge in [-0.3, -0.25) is 0 Å². The van der Waals surface area contributed by atoms with Crippen molar-refractivity contribution in [2.24, 2.45) is 0 Å². The number of halogens is 1. The maximum atomic E-state index is 13.5. The Morgan fingerprint density at radius 3 is 2.61 bits per heavy atom. The molecule has 3 aromatic rings. The Morgan fingerprint density at radius 2 is 1.78 bits per heavy atom. The van der Waals surface area contributed by atoms with Gasteiger partial charge in [-0.15, -0.1) is 0 Å². The van der Waals surface area contributed by atoms with Crippen molar-refractivity contribution in [3.8, 4) is 5.75 Å². The number of ether oxygens (including phenoxy) is 2. The molecule has 1 aliphatic rings. The van der Waals surface area contributed by atoms with E-state index in [0.717, 1.165) is 22.1 Å². The van der Waals surface area contributed by atoms with Crippen molar-refractivity contribution in [1.29, 1.82) is 0 Å². The summed E-state index contributed by atoms with van der Waals surface area (Å²) in [6.07, 6.45) is -0.570. The quantitative estimate of drug-likeness (QED) is 0.664. The predicted molar refractivity (Wildman–Crippen MR) is 84.2 cm³/mol. The molecule has 0 radical (unpaired) electrons. The first-order valence-corrected chi connectivity index (χ1v) is 7.24. The number of hydrogen-bond acceptors (Lipinski definition) is 3. The van der Waals surface area contributed by atoms with Crippen LogP contribution >= 0.6 is 0 Å². The lowest BCUT2D eigenvalue weighted by atomic mass is 9.97. The van der Waals surface area contributed by atoms with Gasteiger partial charge in [-0.2, -0.15) is 0 Å². The van der Waals surface area contributed by atoms with Crippen LogP contribution in [0.4, 0.5) is 4.39 Å². The van der Waals surface area contributed by atoms with E-state index in [2.05, 4.69) is 0 Å². The van der Waals surface area contributed by atoms with E-state index in [1.165, 1.54) is 18.2 Å². The van der Waals surface area contributed by atoms with Crippen LogP contribution in [0.25, 0.3) is 10.8 Å². The van der Waals surface area contributed by atoms with Gasteiger partial charge < -0.3 is 9.47 Å². The van der Waals surface area contributed by atoms with Crippen LogP contribution in [0.15, 0.2) is 54.6 Å². The van der Waals surface area contributed by atoms with Crippen LogP contribution < -0.4 is 4.74 Å². The molecule has 1 heterocycles. The zero-order valence-electron chi connectivity index (χ0n) is 12.4. The molecule has 1 atom stereocenters. The average Bonchev–Trinajstić information content (AvgIpc) is 2.90. The third-order valence-corrected chi connectivity index (χ3v) is 4.12. The van der Waals surface area contributed by atoms with Crippen molar-refractivity contribution in [2.75, 3.05) is 7.11 Å². The summed E-state index contributed by atoms with van der Waals surface area (Å²) >= 11 is 0. The van der Waals surface area contributed by atoms with Crippen LogP contribution in [0.3, 0.4) is 0 Å². The normalized spacial score (nSPS) is 16.3. The van der Waals surface area contributed by atoms with Gasteiger partial charge in [0, 0.05) is 5.56 Å². The van der Waals surface area contributed by atoms with Gasteiger partial charge in [0.1, 0.15) is 11.6 Å². The summed E-state index contributed by atoms with van der Waals surface area (Å²) < 4.78 is 24.2. The summed E-state index contributed by atoms with van der Waals surface area (Å²) in [5.41, 5.74) is 1.81. The Morgan fingerprint density at radius 1 is 1.00 bits per heavy atom. The molecule has 0 aromatic heterocycles. The van der Waals surface area contributed by atoms with Crippen LogP contribution in [0.5, 0.6) is 5.75 Å². The predicted octanol–water partition coefficient (Wildman–Crippen LogP) is 4.25. The second-order valence-corrected chi connectivity index (χ2v) is 5.49. The summed E-state index contributed by atoms with van der Waals surface area (Å²) in [5.74, 6) is -0.0117. The number of cyclic esters (lactones) is 1. The molecule has 114 valence electrons. The van der Waals surface area contributed by atoms with E-state index in [1.54, 1.807) is 7.11 Å². The topological polar surface area (TPSA) is 35.5 Å². The lowest BCUT2D eigenvalue weighted by molar-refractivity contribution is 0.0456. The number of methoxy groups -OCH3 is 1. The second kappa shape index (κ2) is 5.09. The first-order valence-electron chi connectivity index (χ1n) is 7.24. The number of esters is 1. The summed E-state index contributed by atoms with van der Waals surface area (Å²) in [6, 6.07) is 15.6. The van der Waals surface area contributed by atoms with Gasteiger partial charge in [0.2, 0.25) is 0 Å². The minimum Gasteiger partial charge on any atom is -0.497 e. The number of rotatable bonds is 2. The van der Waals surface area contributed by atoms with Crippen molar-refractivity contribution in [1.82, 2.24) is 0 Å². The average molecular weight is 308 g/mol. The fraction of sp³-hybridized carbons (Fsp3) is 0.105. The first kappa shape index (κ1) is 13.8. The zero-order valence-corrected chi connectivity index (χ0v) is 12.4. The standard InChI is InChI=1S/C19H13FO3/c1-22-15-6-4-11-8-13(3-2-12(11)9-15)18-17-10-14(20)5-7-16(17)19(21)23-18/h2-10,18H,1H3. The van der Waals surface area contributed by atoms with E-state index in [-0.39, 0.29) is 5.82 Å². The van der Waals surface area contributed by atoms with Crippen molar-refractivity contribution >= 4 is 16.7 Å². The number of carbonyl (C=O) groups excluding carboxylic acids is 1. The highest BCUT2D eigenvalue weighted by atomic mass is 19.1. The molecule has 23 heavy (non-hydrogen) atoms. The molecule has 0 spiro atoms. The minimum absolute atomic E-state index is 0.377. The van der Waals surface area contributed by atoms with Gasteiger partial charge in [0.25, 0.3) is 0 Å². The fourth-order valence-electron chi connectivity index (χ4n) is 2.95. The molecule has 0 saturated heterocycles. The number of fused-ring (bicyclic) bond motifs is 2. The summed E-state index contributed by atoms with van der Waals surface area (Å²) in [5, 5.41) is 2.03. The Kier molecular flexibility index (Phi) is 3.05. The largest absolute Gasteiger partial charge is 0.497 e. The molecule has 3 nitrogen and oxygen atoms in total. The second-order valence-electron chi connectivity index (χ2n) is 5.49. The highest BCUT2D eigenvalue weighted by molar-refractivity contribution is 5.95. The molecule has 3 aromatic carbocycles. The van der Waals surface area contributed by atoms with Gasteiger partial charge in [-0.05, 0) is 52.7 Å². The molecular weight excluding hydrogens is 295 g/mol. The number of carbonyl (C=O) groups is 1. The lowest BCUT2D eigenvalue weighted by Crippen LogP contribution is -2.00. The van der Waals surface area contributed by atoms with E-state index in [9.17, 15) is 9.18 Å². The van der Waals surface area contributed by atoms with Gasteiger partial charge in [0.05, 0.1) is 12.7 Å². The van der Waals surface area contributed by atoms with E-state index < -0.39 is 12.1 Å². The van der Waals surface area contributed by atoms with Crippen LogP contribution in [0, 0.1) is 5.82 Å². The summed E-state index contributed by atoms with van der Waals surface area (Å²) in [7, 11) is 1.62. The monoisotopic (exact) mass is 308 g/mol. The Bertz CT molecular complexity index is 933. The van der Waals surface area contributed by atoms with Crippen LogP contribution in [0.1, 0.15) is 27.6 Å². The van der Waals surface area contributed by atoms with E-state index >= 15 is 0 Å². The number of hydrogen-bond donors (Lipinski definition) is 0. The Balaban J connectivity index is 1.81. The van der Waals surface area contributed by atoms with Crippen LogP contribution in [-0.2, 0) is 4.74 Å². The first-order chi connectivity index (χ1) is 11.2.